The van der Waals surface area contributed by atoms with Gasteiger partial charge in [-0.15, -0.1) is 0 Å². The standard InChI is InChI=1S/C8H12N2/c1-6-3-2-4-7-8(6)10-5-9-7/h5,7-8H,1-4H2,(H,9,10). The smallest absolute Gasteiger partial charge is 0.0925 e. The molecule has 2 unspecified atom stereocenters. The molecule has 0 aromatic carbocycles. The lowest BCUT2D eigenvalue weighted by atomic mass is 9.88. The number of nitrogens with one attached hydrogen (secondary N) is 1. The molecule has 10 heavy (non-hydrogen) atoms. The summed E-state index contributed by atoms with van der Waals surface area (Å²) in [5.74, 6) is 0. The second kappa shape index (κ2) is 2.11. The van der Waals surface area contributed by atoms with Crippen molar-refractivity contribution in [3.05, 3.63) is 12.2 Å². The number of rotatable bonds is 0. The Labute approximate surface area is 61.0 Å². The van der Waals surface area contributed by atoms with Crippen LogP contribution in [0.1, 0.15) is 19.3 Å². The van der Waals surface area contributed by atoms with Gasteiger partial charge in [-0.2, -0.15) is 0 Å². The maximum atomic E-state index is 4.30. The van der Waals surface area contributed by atoms with E-state index in [4.69, 9.17) is 0 Å². The molecule has 0 amide bonds. The Bertz CT molecular complexity index is 184. The highest BCUT2D eigenvalue weighted by Gasteiger charge is 2.29. The summed E-state index contributed by atoms with van der Waals surface area (Å²) in [7, 11) is 0. The third-order valence-electron chi connectivity index (χ3n) is 2.34. The molecule has 1 N–H and O–H groups in total. The van der Waals surface area contributed by atoms with Gasteiger partial charge in [0, 0.05) is 0 Å². The molecule has 54 valence electrons. The van der Waals surface area contributed by atoms with E-state index in [0.29, 0.717) is 12.1 Å². The van der Waals surface area contributed by atoms with Gasteiger partial charge in [0.15, 0.2) is 0 Å². The van der Waals surface area contributed by atoms with Gasteiger partial charge < -0.3 is 5.32 Å². The van der Waals surface area contributed by atoms with Gasteiger partial charge in [0.2, 0.25) is 0 Å². The molecule has 1 aliphatic heterocycles. The van der Waals surface area contributed by atoms with Gasteiger partial charge in [0.1, 0.15) is 0 Å². The predicted molar refractivity (Wildman–Crippen MR) is 42.2 cm³/mol. The van der Waals surface area contributed by atoms with Gasteiger partial charge in [-0.05, 0) is 19.3 Å². The van der Waals surface area contributed by atoms with Crippen LogP contribution in [0.25, 0.3) is 0 Å². The molecular formula is C8H12N2. The van der Waals surface area contributed by atoms with Gasteiger partial charge in [-0.25, -0.2) is 0 Å². The molecule has 0 radical (unpaired) electrons. The summed E-state index contributed by atoms with van der Waals surface area (Å²) < 4.78 is 0. The van der Waals surface area contributed by atoms with Crippen molar-refractivity contribution >= 4 is 6.34 Å². The first-order chi connectivity index (χ1) is 4.88. The molecule has 2 heteroatoms. The first-order valence-electron chi connectivity index (χ1n) is 3.83. The van der Waals surface area contributed by atoms with Crippen LogP contribution >= 0.6 is 0 Å². The third kappa shape index (κ3) is 0.753. The first-order valence-corrected chi connectivity index (χ1v) is 3.83. The SMILES string of the molecule is C=C1CCCC2NC=NC12. The zero-order valence-electron chi connectivity index (χ0n) is 6.01. The minimum absolute atomic E-state index is 0.397. The van der Waals surface area contributed by atoms with E-state index >= 15 is 0 Å². The van der Waals surface area contributed by atoms with E-state index in [-0.39, 0.29) is 0 Å². The third-order valence-corrected chi connectivity index (χ3v) is 2.34. The highest BCUT2D eigenvalue weighted by molar-refractivity contribution is 5.59. The zero-order chi connectivity index (χ0) is 6.97. The van der Waals surface area contributed by atoms with E-state index in [1.807, 2.05) is 6.34 Å². The normalized spacial score (nSPS) is 37.4. The lowest BCUT2D eigenvalue weighted by Gasteiger charge is -2.25. The molecule has 2 aliphatic rings. The van der Waals surface area contributed by atoms with Crippen LogP contribution in [0.3, 0.4) is 0 Å². The van der Waals surface area contributed by atoms with E-state index in [9.17, 15) is 0 Å². The largest absolute Gasteiger partial charge is 0.371 e. The molecule has 0 aromatic rings. The van der Waals surface area contributed by atoms with Crippen LogP contribution in [-0.2, 0) is 0 Å². The molecule has 0 aromatic heterocycles. The lowest BCUT2D eigenvalue weighted by Crippen LogP contribution is -2.35. The Morgan fingerprint density at radius 1 is 1.70 bits per heavy atom. The lowest BCUT2D eigenvalue weighted by molar-refractivity contribution is 0.459. The van der Waals surface area contributed by atoms with Crippen molar-refractivity contribution in [2.75, 3.05) is 0 Å². The Morgan fingerprint density at radius 2 is 2.60 bits per heavy atom. The second-order valence-electron chi connectivity index (χ2n) is 3.05. The number of aliphatic imine (C=N–C) groups is 1. The minimum Gasteiger partial charge on any atom is -0.371 e. The van der Waals surface area contributed by atoms with E-state index < -0.39 is 0 Å². The molecule has 2 atom stereocenters. The molecule has 0 spiro atoms. The summed E-state index contributed by atoms with van der Waals surface area (Å²) in [6.45, 7) is 4.00. The van der Waals surface area contributed by atoms with Crippen molar-refractivity contribution in [3.8, 4) is 0 Å². The number of nitrogens with zero attached hydrogens (tertiary/aromatic N) is 1. The van der Waals surface area contributed by atoms with E-state index in [2.05, 4.69) is 16.9 Å². The van der Waals surface area contributed by atoms with Crippen molar-refractivity contribution in [1.82, 2.24) is 5.32 Å². The molecule has 0 saturated heterocycles. The Morgan fingerprint density at radius 3 is 3.40 bits per heavy atom. The van der Waals surface area contributed by atoms with Crippen molar-refractivity contribution in [1.29, 1.82) is 0 Å². The average molecular weight is 136 g/mol. The second-order valence-corrected chi connectivity index (χ2v) is 3.05. The first kappa shape index (κ1) is 5.96. The molecule has 0 bridgehead atoms. The molecule has 2 nitrogen and oxygen atoms in total. The van der Waals surface area contributed by atoms with E-state index in [1.165, 1.54) is 24.8 Å². The molecule has 1 heterocycles. The Balaban J connectivity index is 2.16. The highest BCUT2D eigenvalue weighted by Crippen LogP contribution is 2.26. The van der Waals surface area contributed by atoms with Gasteiger partial charge in [0.05, 0.1) is 18.4 Å². The highest BCUT2D eigenvalue weighted by atomic mass is 15.1. The number of hydrogen-bond acceptors (Lipinski definition) is 2. The van der Waals surface area contributed by atoms with Gasteiger partial charge in [-0.3, -0.25) is 4.99 Å². The molecule has 2 rings (SSSR count). The summed E-state index contributed by atoms with van der Waals surface area (Å²) in [5.41, 5.74) is 1.30. The Hall–Kier alpha value is -0.790. The van der Waals surface area contributed by atoms with Crippen molar-refractivity contribution < 1.29 is 0 Å². The van der Waals surface area contributed by atoms with Gasteiger partial charge in [-0.1, -0.05) is 12.2 Å². The molecule has 1 aliphatic carbocycles. The van der Waals surface area contributed by atoms with Gasteiger partial charge in [0.25, 0.3) is 0 Å². The Kier molecular flexibility index (Phi) is 1.26. The fourth-order valence-corrected chi connectivity index (χ4v) is 1.74. The van der Waals surface area contributed by atoms with Crippen molar-refractivity contribution in [2.45, 2.75) is 31.3 Å². The summed E-state index contributed by atoms with van der Waals surface area (Å²) in [4.78, 5) is 4.30. The summed E-state index contributed by atoms with van der Waals surface area (Å²) in [6, 6.07) is 0.968. The van der Waals surface area contributed by atoms with Crippen LogP contribution in [-0.4, -0.2) is 18.4 Å². The quantitative estimate of drug-likeness (QED) is 0.495. The topological polar surface area (TPSA) is 24.4 Å². The maximum absolute atomic E-state index is 4.30. The van der Waals surface area contributed by atoms with Gasteiger partial charge >= 0.3 is 0 Å². The van der Waals surface area contributed by atoms with E-state index in [0.717, 1.165) is 0 Å². The summed E-state index contributed by atoms with van der Waals surface area (Å²) >= 11 is 0. The van der Waals surface area contributed by atoms with Crippen molar-refractivity contribution in [2.24, 2.45) is 4.99 Å². The van der Waals surface area contributed by atoms with Crippen LogP contribution in [0.15, 0.2) is 17.1 Å². The van der Waals surface area contributed by atoms with E-state index in [1.54, 1.807) is 0 Å². The molecule has 1 saturated carbocycles. The monoisotopic (exact) mass is 136 g/mol. The summed E-state index contributed by atoms with van der Waals surface area (Å²) in [6.07, 6.45) is 5.52. The summed E-state index contributed by atoms with van der Waals surface area (Å²) in [5, 5.41) is 3.24. The van der Waals surface area contributed by atoms with Crippen molar-refractivity contribution in [3.63, 3.8) is 0 Å². The maximum Gasteiger partial charge on any atom is 0.0925 e. The molecular weight excluding hydrogens is 124 g/mol. The van der Waals surface area contributed by atoms with Crippen LogP contribution in [0.5, 0.6) is 0 Å². The number of fused-ring (bicyclic) bond motifs is 1. The van der Waals surface area contributed by atoms with Crippen LogP contribution in [0.4, 0.5) is 0 Å². The fraction of sp³-hybridized carbons (Fsp3) is 0.625. The molecule has 1 fully saturated rings. The van der Waals surface area contributed by atoms with Crippen LogP contribution in [0.2, 0.25) is 0 Å². The fourth-order valence-electron chi connectivity index (χ4n) is 1.74. The zero-order valence-corrected chi connectivity index (χ0v) is 6.01. The minimum atomic E-state index is 0.397. The predicted octanol–water partition coefficient (Wildman–Crippen LogP) is 1.10. The van der Waals surface area contributed by atoms with Crippen LogP contribution < -0.4 is 5.32 Å². The average Bonchev–Trinajstić information content (AvgIpc) is 2.36. The number of hydrogen-bond donors (Lipinski definition) is 1. The van der Waals surface area contributed by atoms with Crippen LogP contribution in [0, 0.1) is 0 Å².